The second-order valence-corrected chi connectivity index (χ2v) is 6.59. The summed E-state index contributed by atoms with van der Waals surface area (Å²) in [6.45, 7) is 0.702. The van der Waals surface area contributed by atoms with Crippen LogP contribution in [0.2, 0.25) is 0 Å². The summed E-state index contributed by atoms with van der Waals surface area (Å²) in [6, 6.07) is 3.48. The van der Waals surface area contributed by atoms with Gasteiger partial charge < -0.3 is 5.32 Å². The maximum Gasteiger partial charge on any atom is 0.252 e. The van der Waals surface area contributed by atoms with Gasteiger partial charge in [0, 0.05) is 25.5 Å². The van der Waals surface area contributed by atoms with Gasteiger partial charge in [0.15, 0.2) is 0 Å². The zero-order chi connectivity index (χ0) is 10.8. The van der Waals surface area contributed by atoms with Gasteiger partial charge >= 0.3 is 0 Å². The van der Waals surface area contributed by atoms with E-state index in [0.29, 0.717) is 10.8 Å². The maximum atomic E-state index is 11.7. The highest BCUT2D eigenvalue weighted by Crippen LogP contribution is 2.23. The van der Waals surface area contributed by atoms with E-state index in [1.807, 2.05) is 13.1 Å². The van der Waals surface area contributed by atoms with Gasteiger partial charge in [0.05, 0.1) is 0 Å². The number of hydrogen-bond donors (Lipinski definition) is 1. The van der Waals surface area contributed by atoms with Gasteiger partial charge in [-0.05, 0) is 19.2 Å². The topological polar surface area (TPSA) is 49.4 Å². The number of rotatable bonds is 4. The third-order valence-corrected chi connectivity index (χ3v) is 5.09. The van der Waals surface area contributed by atoms with Crippen molar-refractivity contribution in [1.82, 2.24) is 9.62 Å². The molecule has 0 amide bonds. The minimum absolute atomic E-state index is 0.396. The Kier molecular flexibility index (Phi) is 3.65. The zero-order valence-electron chi connectivity index (χ0n) is 8.44. The highest BCUT2D eigenvalue weighted by atomic mass is 32.2. The number of sulfonamides is 1. The summed E-state index contributed by atoms with van der Waals surface area (Å²) in [4.78, 5) is 1.02. The maximum absolute atomic E-state index is 11.7. The molecule has 14 heavy (non-hydrogen) atoms. The largest absolute Gasteiger partial charge is 0.315 e. The van der Waals surface area contributed by atoms with Crippen LogP contribution in [-0.2, 0) is 16.6 Å². The molecule has 0 saturated heterocycles. The van der Waals surface area contributed by atoms with Crippen molar-refractivity contribution in [1.29, 1.82) is 0 Å². The van der Waals surface area contributed by atoms with Crippen LogP contribution in [0, 0.1) is 0 Å². The first-order chi connectivity index (χ1) is 6.48. The highest BCUT2D eigenvalue weighted by molar-refractivity contribution is 7.91. The Hall–Kier alpha value is -0.430. The van der Waals surface area contributed by atoms with E-state index in [9.17, 15) is 8.42 Å². The lowest BCUT2D eigenvalue weighted by molar-refractivity contribution is 0.523. The molecule has 1 heterocycles. The SMILES string of the molecule is CNCc1ccc(S(=O)(=O)N(C)C)s1. The van der Waals surface area contributed by atoms with Crippen molar-refractivity contribution in [3.05, 3.63) is 17.0 Å². The van der Waals surface area contributed by atoms with Crippen LogP contribution >= 0.6 is 11.3 Å². The van der Waals surface area contributed by atoms with Gasteiger partial charge in [-0.1, -0.05) is 0 Å². The summed E-state index contributed by atoms with van der Waals surface area (Å²) in [5.41, 5.74) is 0. The molecule has 4 nitrogen and oxygen atoms in total. The van der Waals surface area contributed by atoms with Crippen molar-refractivity contribution >= 4 is 21.4 Å². The summed E-state index contributed by atoms with van der Waals surface area (Å²) < 4.78 is 25.0. The standard InChI is InChI=1S/C8H14N2O2S2/c1-9-6-7-4-5-8(13-7)14(11,12)10(2)3/h4-5,9H,6H2,1-3H3. The van der Waals surface area contributed by atoms with Crippen molar-refractivity contribution in [3.8, 4) is 0 Å². The molecule has 0 fully saturated rings. The number of nitrogens with zero attached hydrogens (tertiary/aromatic N) is 1. The molecule has 6 heteroatoms. The summed E-state index contributed by atoms with van der Waals surface area (Å²) in [5, 5.41) is 2.98. The van der Waals surface area contributed by atoms with Crippen LogP contribution < -0.4 is 5.32 Å². The summed E-state index contributed by atoms with van der Waals surface area (Å²) in [6.07, 6.45) is 0. The molecule has 0 unspecified atom stereocenters. The summed E-state index contributed by atoms with van der Waals surface area (Å²) in [7, 11) is 1.65. The van der Waals surface area contributed by atoms with Crippen LogP contribution in [0.4, 0.5) is 0 Å². The van der Waals surface area contributed by atoms with E-state index in [4.69, 9.17) is 0 Å². The highest BCUT2D eigenvalue weighted by Gasteiger charge is 2.18. The molecule has 0 bridgehead atoms. The second-order valence-electron chi connectivity index (χ2n) is 3.04. The number of hydrogen-bond acceptors (Lipinski definition) is 4. The van der Waals surface area contributed by atoms with E-state index in [1.54, 1.807) is 6.07 Å². The lowest BCUT2D eigenvalue weighted by Gasteiger charge is -2.08. The molecular weight excluding hydrogens is 220 g/mol. The van der Waals surface area contributed by atoms with Gasteiger partial charge in [0.1, 0.15) is 4.21 Å². The van der Waals surface area contributed by atoms with E-state index in [-0.39, 0.29) is 0 Å². The molecular formula is C8H14N2O2S2. The fourth-order valence-electron chi connectivity index (χ4n) is 0.946. The molecule has 1 aromatic heterocycles. The van der Waals surface area contributed by atoms with Gasteiger partial charge in [0.2, 0.25) is 0 Å². The average Bonchev–Trinajstić information content (AvgIpc) is 2.53. The monoisotopic (exact) mass is 234 g/mol. The van der Waals surface area contributed by atoms with Crippen LogP contribution in [0.25, 0.3) is 0 Å². The molecule has 0 aromatic carbocycles. The Balaban J connectivity index is 2.98. The van der Waals surface area contributed by atoms with Gasteiger partial charge in [-0.2, -0.15) is 0 Å². The van der Waals surface area contributed by atoms with Crippen molar-refractivity contribution in [2.75, 3.05) is 21.1 Å². The molecule has 0 aliphatic carbocycles. The van der Waals surface area contributed by atoms with Gasteiger partial charge in [-0.25, -0.2) is 12.7 Å². The predicted octanol–water partition coefficient (Wildman–Crippen LogP) is 0.718. The van der Waals surface area contributed by atoms with Crippen LogP contribution in [0.1, 0.15) is 4.88 Å². The third-order valence-electron chi connectivity index (χ3n) is 1.72. The molecule has 1 rings (SSSR count). The predicted molar refractivity (Wildman–Crippen MR) is 58.0 cm³/mol. The van der Waals surface area contributed by atoms with E-state index >= 15 is 0 Å². The van der Waals surface area contributed by atoms with Crippen molar-refractivity contribution in [3.63, 3.8) is 0 Å². The Morgan fingerprint density at radius 2 is 2.07 bits per heavy atom. The molecule has 1 N–H and O–H groups in total. The molecule has 0 radical (unpaired) electrons. The first kappa shape index (κ1) is 11.6. The fourth-order valence-corrected chi connectivity index (χ4v) is 3.48. The fraction of sp³-hybridized carbons (Fsp3) is 0.500. The Morgan fingerprint density at radius 1 is 1.43 bits per heavy atom. The van der Waals surface area contributed by atoms with E-state index in [0.717, 1.165) is 4.88 Å². The number of nitrogens with one attached hydrogen (secondary N) is 1. The molecule has 0 atom stereocenters. The third kappa shape index (κ3) is 2.33. The lowest BCUT2D eigenvalue weighted by Crippen LogP contribution is -2.21. The zero-order valence-corrected chi connectivity index (χ0v) is 10.1. The second kappa shape index (κ2) is 4.39. The smallest absolute Gasteiger partial charge is 0.252 e. The van der Waals surface area contributed by atoms with Crippen molar-refractivity contribution in [2.24, 2.45) is 0 Å². The van der Waals surface area contributed by atoms with E-state index in [2.05, 4.69) is 5.32 Å². The summed E-state index contributed by atoms with van der Waals surface area (Å²) >= 11 is 1.30. The molecule has 0 spiro atoms. The molecule has 0 aliphatic heterocycles. The van der Waals surface area contributed by atoms with Crippen LogP contribution in [0.15, 0.2) is 16.3 Å². The Morgan fingerprint density at radius 3 is 2.57 bits per heavy atom. The Bertz CT molecular complexity index is 395. The summed E-state index contributed by atoms with van der Waals surface area (Å²) in [5.74, 6) is 0. The van der Waals surface area contributed by atoms with Gasteiger partial charge in [0.25, 0.3) is 10.0 Å². The number of thiophene rings is 1. The molecule has 80 valence electrons. The Labute approximate surface area is 88.6 Å². The van der Waals surface area contributed by atoms with Crippen LogP contribution in [-0.4, -0.2) is 33.9 Å². The molecule has 0 saturated carbocycles. The van der Waals surface area contributed by atoms with Crippen LogP contribution in [0.3, 0.4) is 0 Å². The van der Waals surface area contributed by atoms with Crippen LogP contribution in [0.5, 0.6) is 0 Å². The van der Waals surface area contributed by atoms with Crippen molar-refractivity contribution in [2.45, 2.75) is 10.8 Å². The normalized spacial score (nSPS) is 12.3. The first-order valence-corrected chi connectivity index (χ1v) is 6.40. The minimum Gasteiger partial charge on any atom is -0.315 e. The average molecular weight is 234 g/mol. The van der Waals surface area contributed by atoms with E-state index < -0.39 is 10.0 Å². The van der Waals surface area contributed by atoms with E-state index in [1.165, 1.54) is 29.7 Å². The van der Waals surface area contributed by atoms with Gasteiger partial charge in [-0.15, -0.1) is 11.3 Å². The molecule has 1 aromatic rings. The van der Waals surface area contributed by atoms with Crippen molar-refractivity contribution < 1.29 is 8.42 Å². The minimum atomic E-state index is -3.25. The lowest BCUT2D eigenvalue weighted by atomic mass is 10.5. The van der Waals surface area contributed by atoms with Gasteiger partial charge in [-0.3, -0.25) is 0 Å². The quantitative estimate of drug-likeness (QED) is 0.835. The molecule has 0 aliphatic rings. The first-order valence-electron chi connectivity index (χ1n) is 4.14.